The summed E-state index contributed by atoms with van der Waals surface area (Å²) in [6.07, 6.45) is -2.18. The Hall–Kier alpha value is -5.72. The van der Waals surface area contributed by atoms with E-state index in [-0.39, 0.29) is 6.61 Å². The van der Waals surface area contributed by atoms with Gasteiger partial charge in [-0.05, 0) is 39.8 Å². The SMILES string of the molecule is C=C[C@@H](OCc1ccccc1)[C@H](OCc1ccccc1)[C@@H](COCc1ccccc1)OC(=C)CC[C@H]1O[C@H](OC)[C@H](OCc2ccccc2)[C@@H](OCc2ccccc2)[C@H]1OCc1ccccc1. The van der Waals surface area contributed by atoms with Crippen molar-refractivity contribution < 1.29 is 42.6 Å². The Balaban J connectivity index is 1.13. The van der Waals surface area contributed by atoms with Gasteiger partial charge in [-0.25, -0.2) is 0 Å². The topological polar surface area (TPSA) is 83.1 Å². The molecule has 0 unspecified atom stereocenters. The van der Waals surface area contributed by atoms with Gasteiger partial charge in [-0.3, -0.25) is 0 Å². The van der Waals surface area contributed by atoms with Crippen molar-refractivity contribution in [2.75, 3.05) is 13.7 Å². The van der Waals surface area contributed by atoms with E-state index in [2.05, 4.69) is 13.2 Å². The Kier molecular flexibility index (Phi) is 20.0. The van der Waals surface area contributed by atoms with Crippen LogP contribution in [0.1, 0.15) is 46.2 Å². The van der Waals surface area contributed by atoms with Gasteiger partial charge in [0.25, 0.3) is 0 Å². The third-order valence-electron chi connectivity index (χ3n) is 11.6. The van der Waals surface area contributed by atoms with E-state index in [1.54, 1.807) is 13.2 Å². The molecule has 350 valence electrons. The summed E-state index contributed by atoms with van der Waals surface area (Å²) in [7, 11) is 1.63. The Bertz CT molecular complexity index is 2260. The fourth-order valence-corrected chi connectivity index (χ4v) is 8.05. The zero-order chi connectivity index (χ0) is 46.3. The molecule has 6 aromatic rings. The summed E-state index contributed by atoms with van der Waals surface area (Å²) >= 11 is 0. The van der Waals surface area contributed by atoms with Gasteiger partial charge < -0.3 is 42.6 Å². The second-order valence-corrected chi connectivity index (χ2v) is 16.6. The van der Waals surface area contributed by atoms with E-state index in [0.717, 1.165) is 33.4 Å². The normalized spacial score (nSPS) is 19.5. The van der Waals surface area contributed by atoms with Gasteiger partial charge in [-0.1, -0.05) is 195 Å². The average molecular weight is 905 g/mol. The quantitative estimate of drug-likeness (QED) is 0.0353. The lowest BCUT2D eigenvalue weighted by molar-refractivity contribution is -0.318. The predicted molar refractivity (Wildman–Crippen MR) is 260 cm³/mol. The number of hydrogen-bond acceptors (Lipinski definition) is 9. The second kappa shape index (κ2) is 27.2. The monoisotopic (exact) mass is 904 g/mol. The van der Waals surface area contributed by atoms with Crippen LogP contribution in [0.3, 0.4) is 0 Å². The second-order valence-electron chi connectivity index (χ2n) is 16.6. The van der Waals surface area contributed by atoms with Crippen LogP contribution >= 0.6 is 0 Å². The highest BCUT2D eigenvalue weighted by Crippen LogP contribution is 2.34. The largest absolute Gasteiger partial charge is 0.490 e. The molecule has 7 rings (SSSR count). The first-order valence-electron chi connectivity index (χ1n) is 23.1. The average Bonchev–Trinajstić information content (AvgIpc) is 3.38. The van der Waals surface area contributed by atoms with Crippen LogP contribution in [0.25, 0.3) is 0 Å². The van der Waals surface area contributed by atoms with Gasteiger partial charge in [0.05, 0.1) is 58.1 Å². The molecule has 9 nitrogen and oxygen atoms in total. The van der Waals surface area contributed by atoms with E-state index in [0.29, 0.717) is 58.2 Å². The summed E-state index contributed by atoms with van der Waals surface area (Å²) in [5.74, 6) is 0.524. The molecule has 0 amide bonds. The van der Waals surface area contributed by atoms with Crippen LogP contribution in [0, 0.1) is 0 Å². The first kappa shape index (κ1) is 49.2. The standard InChI is InChI=1S/C58H64O9/c1-4-51(61-38-46-25-13-6-14-26-46)54(62-39-47-27-15-7-16-28-47)53(43-60-37-45-23-11-5-12-24-45)66-44(2)35-36-52-55(63-40-48-29-17-8-18-30-48)56(64-41-49-31-19-9-20-32-49)57(58(59-3)67-52)65-42-50-33-21-10-22-34-50/h4-34,51-58H,1-2,35-43H2,3H3/t51-,52-,53-,54+,55+,56+,57-,58+/m1/s1. The number of benzene rings is 6. The first-order chi connectivity index (χ1) is 33.1. The molecule has 67 heavy (non-hydrogen) atoms. The highest BCUT2D eigenvalue weighted by Gasteiger charge is 2.48. The van der Waals surface area contributed by atoms with Gasteiger partial charge >= 0.3 is 0 Å². The van der Waals surface area contributed by atoms with Gasteiger partial charge in [-0.2, -0.15) is 0 Å². The van der Waals surface area contributed by atoms with Crippen LogP contribution in [0.5, 0.6) is 0 Å². The number of rotatable bonds is 28. The molecule has 1 heterocycles. The Morgan fingerprint density at radius 3 is 1.37 bits per heavy atom. The van der Waals surface area contributed by atoms with Gasteiger partial charge in [0.2, 0.25) is 0 Å². The Morgan fingerprint density at radius 1 is 0.522 bits per heavy atom. The predicted octanol–water partition coefficient (Wildman–Crippen LogP) is 11.4. The maximum atomic E-state index is 6.87. The van der Waals surface area contributed by atoms with Crippen molar-refractivity contribution in [2.45, 2.75) is 102 Å². The van der Waals surface area contributed by atoms with Crippen molar-refractivity contribution in [1.29, 1.82) is 0 Å². The van der Waals surface area contributed by atoms with E-state index >= 15 is 0 Å². The molecule has 0 saturated carbocycles. The highest BCUT2D eigenvalue weighted by molar-refractivity contribution is 5.18. The molecule has 8 atom stereocenters. The van der Waals surface area contributed by atoms with Crippen LogP contribution < -0.4 is 0 Å². The van der Waals surface area contributed by atoms with Crippen molar-refractivity contribution in [3.05, 3.63) is 240 Å². The number of allylic oxidation sites excluding steroid dienone is 1. The summed E-state index contributed by atoms with van der Waals surface area (Å²) in [5, 5.41) is 0. The third kappa shape index (κ3) is 15.7. The first-order valence-corrected chi connectivity index (χ1v) is 23.1. The molecule has 1 aliphatic heterocycles. The highest BCUT2D eigenvalue weighted by atomic mass is 16.7. The minimum Gasteiger partial charge on any atom is -0.490 e. The maximum Gasteiger partial charge on any atom is 0.186 e. The molecule has 0 bridgehead atoms. The lowest BCUT2D eigenvalue weighted by Gasteiger charge is -2.46. The molecule has 1 aliphatic rings. The van der Waals surface area contributed by atoms with Crippen LogP contribution in [-0.2, 0) is 82.3 Å². The van der Waals surface area contributed by atoms with E-state index < -0.39 is 49.0 Å². The van der Waals surface area contributed by atoms with E-state index in [1.165, 1.54) is 0 Å². The van der Waals surface area contributed by atoms with E-state index in [1.807, 2.05) is 182 Å². The lowest BCUT2D eigenvalue weighted by atomic mass is 9.94. The molecule has 9 heteroatoms. The fourth-order valence-electron chi connectivity index (χ4n) is 8.05. The minimum atomic E-state index is -0.759. The molecule has 0 spiro atoms. The van der Waals surface area contributed by atoms with Crippen molar-refractivity contribution in [1.82, 2.24) is 0 Å². The third-order valence-corrected chi connectivity index (χ3v) is 11.6. The summed E-state index contributed by atoms with van der Waals surface area (Å²) in [4.78, 5) is 0. The zero-order valence-electron chi connectivity index (χ0n) is 38.5. The van der Waals surface area contributed by atoms with Gasteiger partial charge in [0.15, 0.2) is 12.4 Å². The number of hydrogen-bond donors (Lipinski definition) is 0. The van der Waals surface area contributed by atoms with Gasteiger partial charge in [0, 0.05) is 13.5 Å². The van der Waals surface area contributed by atoms with Crippen molar-refractivity contribution in [3.8, 4) is 0 Å². The fraction of sp³-hybridized carbons (Fsp3) is 0.310. The van der Waals surface area contributed by atoms with Crippen LogP contribution in [0.2, 0.25) is 0 Å². The molecule has 0 aromatic heterocycles. The van der Waals surface area contributed by atoms with E-state index in [9.17, 15) is 0 Å². The summed E-state index contributed by atoms with van der Waals surface area (Å²) in [6, 6.07) is 60.4. The molecule has 6 aromatic carbocycles. The van der Waals surface area contributed by atoms with Crippen molar-refractivity contribution in [2.24, 2.45) is 0 Å². The van der Waals surface area contributed by atoms with Crippen LogP contribution in [0.4, 0.5) is 0 Å². The number of ether oxygens (including phenoxy) is 9. The minimum absolute atomic E-state index is 0.191. The summed E-state index contributed by atoms with van der Waals surface area (Å²) in [6.45, 7) is 10.9. The molecule has 0 radical (unpaired) electrons. The maximum absolute atomic E-state index is 6.87. The summed E-state index contributed by atoms with van der Waals surface area (Å²) in [5.41, 5.74) is 6.16. The smallest absolute Gasteiger partial charge is 0.186 e. The molecule has 0 N–H and O–H groups in total. The zero-order valence-corrected chi connectivity index (χ0v) is 38.5. The van der Waals surface area contributed by atoms with Crippen LogP contribution in [0.15, 0.2) is 207 Å². The van der Waals surface area contributed by atoms with Crippen LogP contribution in [-0.4, -0.2) is 62.7 Å². The van der Waals surface area contributed by atoms with Gasteiger partial charge in [0.1, 0.15) is 30.5 Å². The molecular weight excluding hydrogens is 841 g/mol. The molecule has 1 fully saturated rings. The molecule has 1 saturated heterocycles. The molecular formula is C58H64O9. The van der Waals surface area contributed by atoms with Gasteiger partial charge in [-0.15, -0.1) is 6.58 Å². The Labute approximate surface area is 396 Å². The number of methoxy groups -OCH3 is 1. The lowest BCUT2D eigenvalue weighted by Crippen LogP contribution is -2.60. The Morgan fingerprint density at radius 2 is 0.925 bits per heavy atom. The molecule has 0 aliphatic carbocycles. The summed E-state index contributed by atoms with van der Waals surface area (Å²) < 4.78 is 59.9. The van der Waals surface area contributed by atoms with Crippen molar-refractivity contribution in [3.63, 3.8) is 0 Å². The van der Waals surface area contributed by atoms with E-state index in [4.69, 9.17) is 42.6 Å². The van der Waals surface area contributed by atoms with Crippen molar-refractivity contribution >= 4 is 0 Å².